The second-order valence-corrected chi connectivity index (χ2v) is 7.82. The summed E-state index contributed by atoms with van der Waals surface area (Å²) in [5.74, 6) is 5.42. The van der Waals surface area contributed by atoms with Crippen LogP contribution in [-0.4, -0.2) is 24.2 Å². The molecule has 0 radical (unpaired) electrons. The lowest BCUT2D eigenvalue weighted by atomic mass is 9.98. The highest BCUT2D eigenvalue weighted by Gasteiger charge is 2.28. The van der Waals surface area contributed by atoms with Gasteiger partial charge in [-0.1, -0.05) is 76.3 Å². The maximum atomic E-state index is 12.1. The Balaban J connectivity index is 1.37. The molecule has 1 amide bonds. The standard InChI is InChI=1S/C24H17BrN2O4/c25-17-12-11-16(23(14-17)27(29)30)6-5-13-26-24(28)31-15-22-20-9-3-1-7-18(20)19-8-2-4-10-21(19)22/h1-4,7-12,14,22H,13,15H2,(H,26,28). The zero-order chi connectivity index (χ0) is 21.8. The number of carbonyl (C=O) groups excluding carboxylic acids is 1. The van der Waals surface area contributed by atoms with Gasteiger partial charge in [0.2, 0.25) is 0 Å². The maximum Gasteiger partial charge on any atom is 0.407 e. The largest absolute Gasteiger partial charge is 0.449 e. The molecular weight excluding hydrogens is 460 g/mol. The average Bonchev–Trinajstić information content (AvgIpc) is 3.10. The zero-order valence-corrected chi connectivity index (χ0v) is 17.9. The number of benzene rings is 3. The molecule has 0 aliphatic heterocycles. The molecule has 0 aromatic heterocycles. The highest BCUT2D eigenvalue weighted by molar-refractivity contribution is 9.10. The molecule has 1 aliphatic rings. The third-order valence-electron chi connectivity index (χ3n) is 5.04. The first-order chi connectivity index (χ1) is 15.0. The van der Waals surface area contributed by atoms with Crippen molar-refractivity contribution in [2.75, 3.05) is 13.2 Å². The minimum absolute atomic E-state index is 0.0178. The van der Waals surface area contributed by atoms with Crippen molar-refractivity contribution in [2.45, 2.75) is 5.92 Å². The fourth-order valence-electron chi connectivity index (χ4n) is 3.67. The number of halogens is 1. The first kappa shape index (κ1) is 20.6. The van der Waals surface area contributed by atoms with Gasteiger partial charge in [-0.15, -0.1) is 0 Å². The van der Waals surface area contributed by atoms with Gasteiger partial charge in [-0.25, -0.2) is 4.79 Å². The Kier molecular flexibility index (Phi) is 6.01. The molecule has 0 saturated heterocycles. The van der Waals surface area contributed by atoms with E-state index in [9.17, 15) is 14.9 Å². The van der Waals surface area contributed by atoms with E-state index in [0.717, 1.165) is 22.3 Å². The van der Waals surface area contributed by atoms with Gasteiger partial charge in [0.1, 0.15) is 12.2 Å². The van der Waals surface area contributed by atoms with E-state index in [1.807, 2.05) is 24.3 Å². The Labute approximate surface area is 187 Å². The summed E-state index contributed by atoms with van der Waals surface area (Å²) in [7, 11) is 0. The summed E-state index contributed by atoms with van der Waals surface area (Å²) in [6, 6.07) is 20.8. The number of alkyl carbamates (subject to hydrolysis) is 1. The molecule has 31 heavy (non-hydrogen) atoms. The number of hydrogen-bond acceptors (Lipinski definition) is 4. The van der Waals surface area contributed by atoms with Crippen molar-refractivity contribution in [3.63, 3.8) is 0 Å². The number of rotatable bonds is 4. The topological polar surface area (TPSA) is 81.5 Å². The quantitative estimate of drug-likeness (QED) is 0.316. The smallest absolute Gasteiger partial charge is 0.407 e. The number of nitro benzene ring substituents is 1. The van der Waals surface area contributed by atoms with E-state index in [1.54, 1.807) is 12.1 Å². The lowest BCUT2D eigenvalue weighted by molar-refractivity contribution is -0.385. The summed E-state index contributed by atoms with van der Waals surface area (Å²) in [6.45, 7) is 0.232. The highest BCUT2D eigenvalue weighted by atomic mass is 79.9. The normalized spacial score (nSPS) is 11.6. The van der Waals surface area contributed by atoms with Crippen LogP contribution in [0.15, 0.2) is 71.2 Å². The third-order valence-corrected chi connectivity index (χ3v) is 5.54. The van der Waals surface area contributed by atoms with Gasteiger partial charge in [-0.2, -0.15) is 0 Å². The summed E-state index contributed by atoms with van der Waals surface area (Å²) in [5, 5.41) is 13.7. The number of amides is 1. The minimum atomic E-state index is -0.582. The van der Waals surface area contributed by atoms with Crippen LogP contribution in [0.3, 0.4) is 0 Å². The molecule has 0 atom stereocenters. The van der Waals surface area contributed by atoms with Gasteiger partial charge in [0.05, 0.1) is 11.5 Å². The van der Waals surface area contributed by atoms with E-state index in [-0.39, 0.29) is 30.3 Å². The van der Waals surface area contributed by atoms with Crippen LogP contribution in [0.2, 0.25) is 0 Å². The molecule has 6 nitrogen and oxygen atoms in total. The van der Waals surface area contributed by atoms with Gasteiger partial charge in [0, 0.05) is 16.5 Å². The Hall–Kier alpha value is -3.63. The number of ether oxygens (including phenoxy) is 1. The van der Waals surface area contributed by atoms with Crippen LogP contribution in [-0.2, 0) is 4.74 Å². The predicted molar refractivity (Wildman–Crippen MR) is 121 cm³/mol. The molecule has 0 heterocycles. The highest BCUT2D eigenvalue weighted by Crippen LogP contribution is 2.44. The van der Waals surface area contributed by atoms with Crippen molar-refractivity contribution in [3.8, 4) is 23.0 Å². The van der Waals surface area contributed by atoms with Crippen molar-refractivity contribution in [1.29, 1.82) is 0 Å². The maximum absolute atomic E-state index is 12.1. The summed E-state index contributed by atoms with van der Waals surface area (Å²) in [6.07, 6.45) is -0.582. The first-order valence-electron chi connectivity index (χ1n) is 9.56. The van der Waals surface area contributed by atoms with E-state index >= 15 is 0 Å². The van der Waals surface area contributed by atoms with Crippen LogP contribution in [0.25, 0.3) is 11.1 Å². The fourth-order valence-corrected chi connectivity index (χ4v) is 4.02. The van der Waals surface area contributed by atoms with E-state index in [4.69, 9.17) is 4.74 Å². The molecule has 0 spiro atoms. The Bertz CT molecular complexity index is 1180. The van der Waals surface area contributed by atoms with Crippen molar-refractivity contribution in [3.05, 3.63) is 98.0 Å². The van der Waals surface area contributed by atoms with Gasteiger partial charge in [0.15, 0.2) is 0 Å². The van der Waals surface area contributed by atoms with E-state index in [1.165, 1.54) is 6.07 Å². The summed E-state index contributed by atoms with van der Waals surface area (Å²) < 4.78 is 6.04. The zero-order valence-electron chi connectivity index (χ0n) is 16.3. The predicted octanol–water partition coefficient (Wildman–Crippen LogP) is 5.25. The van der Waals surface area contributed by atoms with E-state index < -0.39 is 11.0 Å². The summed E-state index contributed by atoms with van der Waals surface area (Å²) in [5.41, 5.74) is 4.78. The van der Waals surface area contributed by atoms with Crippen molar-refractivity contribution in [1.82, 2.24) is 5.32 Å². The average molecular weight is 477 g/mol. The molecule has 3 aromatic rings. The molecule has 4 rings (SSSR count). The Morgan fingerprint density at radius 3 is 2.35 bits per heavy atom. The molecule has 0 saturated carbocycles. The fraction of sp³-hybridized carbons (Fsp3) is 0.125. The van der Waals surface area contributed by atoms with Crippen molar-refractivity contribution in [2.24, 2.45) is 0 Å². The number of hydrogen-bond donors (Lipinski definition) is 1. The van der Waals surface area contributed by atoms with Crippen LogP contribution in [0.4, 0.5) is 10.5 Å². The molecule has 1 aliphatic carbocycles. The first-order valence-corrected chi connectivity index (χ1v) is 10.4. The third kappa shape index (κ3) is 4.44. The minimum Gasteiger partial charge on any atom is -0.449 e. The molecule has 7 heteroatoms. The van der Waals surface area contributed by atoms with Gasteiger partial charge in [-0.3, -0.25) is 10.1 Å². The Morgan fingerprint density at radius 2 is 1.71 bits per heavy atom. The number of nitro groups is 1. The summed E-state index contributed by atoms with van der Waals surface area (Å²) in [4.78, 5) is 22.8. The number of carbonyl (C=O) groups is 1. The van der Waals surface area contributed by atoms with Gasteiger partial charge >= 0.3 is 6.09 Å². The number of nitrogens with zero attached hydrogens (tertiary/aromatic N) is 1. The molecule has 0 fully saturated rings. The second-order valence-electron chi connectivity index (χ2n) is 6.90. The monoisotopic (exact) mass is 476 g/mol. The molecular formula is C24H17BrN2O4. The van der Waals surface area contributed by atoms with Gasteiger partial charge < -0.3 is 10.1 Å². The molecule has 0 unspecified atom stereocenters. The second kappa shape index (κ2) is 9.02. The van der Waals surface area contributed by atoms with Crippen LogP contribution in [0.1, 0.15) is 22.6 Å². The van der Waals surface area contributed by atoms with Crippen LogP contribution in [0, 0.1) is 22.0 Å². The van der Waals surface area contributed by atoms with Crippen LogP contribution < -0.4 is 5.32 Å². The molecule has 0 bridgehead atoms. The lowest BCUT2D eigenvalue weighted by Crippen LogP contribution is -2.26. The van der Waals surface area contributed by atoms with Crippen LogP contribution >= 0.6 is 15.9 Å². The molecule has 1 N–H and O–H groups in total. The molecule has 154 valence electrons. The SMILES string of the molecule is O=C(NCC#Cc1ccc(Br)cc1[N+](=O)[O-])OCC1c2ccccc2-c2ccccc21. The van der Waals surface area contributed by atoms with Gasteiger partial charge in [-0.05, 0) is 34.4 Å². The number of nitrogens with one attached hydrogen (secondary N) is 1. The van der Waals surface area contributed by atoms with E-state index in [2.05, 4.69) is 57.4 Å². The summed E-state index contributed by atoms with van der Waals surface area (Å²) >= 11 is 3.20. The van der Waals surface area contributed by atoms with Crippen molar-refractivity contribution >= 4 is 27.7 Å². The lowest BCUT2D eigenvalue weighted by Gasteiger charge is -2.14. The van der Waals surface area contributed by atoms with Crippen LogP contribution in [0.5, 0.6) is 0 Å². The molecule has 3 aromatic carbocycles. The Morgan fingerprint density at radius 1 is 1.06 bits per heavy atom. The van der Waals surface area contributed by atoms with Crippen molar-refractivity contribution < 1.29 is 14.5 Å². The van der Waals surface area contributed by atoms with Gasteiger partial charge in [0.25, 0.3) is 5.69 Å². The number of fused-ring (bicyclic) bond motifs is 3. The van der Waals surface area contributed by atoms with E-state index in [0.29, 0.717) is 4.47 Å².